The summed E-state index contributed by atoms with van der Waals surface area (Å²) < 4.78 is 16.6. The van der Waals surface area contributed by atoms with Crippen LogP contribution in [0.3, 0.4) is 0 Å². The molecule has 0 radical (unpaired) electrons. The van der Waals surface area contributed by atoms with Crippen molar-refractivity contribution in [3.05, 3.63) is 12.7 Å². The molecule has 0 aliphatic rings. The van der Waals surface area contributed by atoms with Crippen LogP contribution >= 0.6 is 7.60 Å². The third-order valence-electron chi connectivity index (χ3n) is 2.22. The van der Waals surface area contributed by atoms with Crippen molar-refractivity contribution in [2.24, 2.45) is 0 Å². The van der Waals surface area contributed by atoms with Crippen molar-refractivity contribution in [2.45, 2.75) is 45.1 Å². The molecular formula is C9H19O4P. The van der Waals surface area contributed by atoms with Gasteiger partial charge in [0.25, 0.3) is 0 Å². The van der Waals surface area contributed by atoms with Gasteiger partial charge in [0, 0.05) is 0 Å². The van der Waals surface area contributed by atoms with E-state index in [1.807, 2.05) is 6.92 Å². The van der Waals surface area contributed by atoms with Crippen molar-refractivity contribution in [1.82, 2.24) is 0 Å². The zero-order valence-corrected chi connectivity index (χ0v) is 9.83. The average Bonchev–Trinajstić information content (AvgIpc) is 2.13. The lowest BCUT2D eigenvalue weighted by Gasteiger charge is -2.28. The van der Waals surface area contributed by atoms with E-state index in [1.54, 1.807) is 6.92 Å². The van der Waals surface area contributed by atoms with Gasteiger partial charge in [0.1, 0.15) is 0 Å². The molecule has 3 unspecified atom stereocenters. The van der Waals surface area contributed by atoms with Crippen LogP contribution in [0.2, 0.25) is 0 Å². The molecule has 0 saturated carbocycles. The summed E-state index contributed by atoms with van der Waals surface area (Å²) in [5.74, 6) is 0. The van der Waals surface area contributed by atoms with Gasteiger partial charge in [-0.05, 0) is 19.8 Å². The maximum atomic E-state index is 11.6. The molecule has 2 N–H and O–H groups in total. The highest BCUT2D eigenvalue weighted by Crippen LogP contribution is 2.56. The Morgan fingerprint density at radius 1 is 1.64 bits per heavy atom. The standard InChI is InChI=1S/C9H19O4P/c1-5-8(6-2)13-14(11,12)9(4,10)7-3/h5,8,10H,1,6-7H2,2-4H3,(H,11,12). The summed E-state index contributed by atoms with van der Waals surface area (Å²) in [4.78, 5) is 9.51. The zero-order valence-electron chi connectivity index (χ0n) is 8.93. The van der Waals surface area contributed by atoms with Gasteiger partial charge in [0.05, 0.1) is 6.10 Å². The van der Waals surface area contributed by atoms with Crippen molar-refractivity contribution in [2.75, 3.05) is 0 Å². The summed E-state index contributed by atoms with van der Waals surface area (Å²) in [6.45, 7) is 8.22. The lowest BCUT2D eigenvalue weighted by Crippen LogP contribution is -2.26. The molecular weight excluding hydrogens is 203 g/mol. The van der Waals surface area contributed by atoms with E-state index in [1.165, 1.54) is 13.0 Å². The van der Waals surface area contributed by atoms with Gasteiger partial charge in [0.15, 0.2) is 5.34 Å². The Morgan fingerprint density at radius 3 is 2.43 bits per heavy atom. The zero-order chi connectivity index (χ0) is 11.4. The summed E-state index contributed by atoms with van der Waals surface area (Å²) in [6, 6.07) is 0. The molecule has 0 aliphatic carbocycles. The van der Waals surface area contributed by atoms with E-state index < -0.39 is 19.0 Å². The second kappa shape index (κ2) is 5.08. The lowest BCUT2D eigenvalue weighted by molar-refractivity contribution is 0.0805. The van der Waals surface area contributed by atoms with Crippen LogP contribution in [0.1, 0.15) is 33.6 Å². The Hall–Kier alpha value is -0.150. The van der Waals surface area contributed by atoms with Crippen LogP contribution in [0.5, 0.6) is 0 Å². The van der Waals surface area contributed by atoms with Crippen molar-refractivity contribution >= 4 is 7.60 Å². The fraction of sp³-hybridized carbons (Fsp3) is 0.778. The molecule has 0 aromatic heterocycles. The Kier molecular flexibility index (Phi) is 5.02. The van der Waals surface area contributed by atoms with E-state index in [4.69, 9.17) is 4.52 Å². The predicted molar refractivity (Wildman–Crippen MR) is 56.1 cm³/mol. The number of rotatable bonds is 6. The van der Waals surface area contributed by atoms with Gasteiger partial charge in [-0.1, -0.05) is 19.9 Å². The first-order chi connectivity index (χ1) is 6.30. The maximum Gasteiger partial charge on any atom is 0.359 e. The second-order valence-electron chi connectivity index (χ2n) is 3.38. The topological polar surface area (TPSA) is 66.8 Å². The highest BCUT2D eigenvalue weighted by atomic mass is 31.2. The molecule has 4 nitrogen and oxygen atoms in total. The van der Waals surface area contributed by atoms with Crippen LogP contribution in [-0.2, 0) is 9.09 Å². The minimum Gasteiger partial charge on any atom is -0.378 e. The van der Waals surface area contributed by atoms with Gasteiger partial charge < -0.3 is 10.00 Å². The van der Waals surface area contributed by atoms with Gasteiger partial charge in [-0.2, -0.15) is 0 Å². The number of hydrogen-bond acceptors (Lipinski definition) is 3. The smallest absolute Gasteiger partial charge is 0.359 e. The highest BCUT2D eigenvalue weighted by Gasteiger charge is 2.42. The first kappa shape index (κ1) is 13.8. The minimum atomic E-state index is -4.00. The molecule has 0 fully saturated rings. The summed E-state index contributed by atoms with van der Waals surface area (Å²) in [6.07, 6.45) is 1.67. The van der Waals surface area contributed by atoms with Crippen molar-refractivity contribution in [1.29, 1.82) is 0 Å². The SMILES string of the molecule is C=CC(CC)OP(=O)(O)C(C)(O)CC. The van der Waals surface area contributed by atoms with Crippen LogP contribution in [-0.4, -0.2) is 21.4 Å². The molecule has 0 rings (SSSR count). The van der Waals surface area contributed by atoms with E-state index in [0.29, 0.717) is 6.42 Å². The van der Waals surface area contributed by atoms with Crippen LogP contribution < -0.4 is 0 Å². The fourth-order valence-corrected chi connectivity index (χ4v) is 2.01. The minimum absolute atomic E-state index is 0.161. The summed E-state index contributed by atoms with van der Waals surface area (Å²) in [5, 5.41) is 7.93. The third-order valence-corrected chi connectivity index (χ3v) is 4.31. The molecule has 0 heterocycles. The summed E-state index contributed by atoms with van der Waals surface area (Å²) >= 11 is 0. The number of aliphatic hydroxyl groups is 1. The van der Waals surface area contributed by atoms with Crippen molar-refractivity contribution in [3.8, 4) is 0 Å². The Balaban J connectivity index is 4.63. The van der Waals surface area contributed by atoms with E-state index >= 15 is 0 Å². The van der Waals surface area contributed by atoms with Crippen molar-refractivity contribution in [3.63, 3.8) is 0 Å². The third kappa shape index (κ3) is 3.21. The second-order valence-corrected chi connectivity index (χ2v) is 5.59. The Morgan fingerprint density at radius 2 is 2.14 bits per heavy atom. The maximum absolute atomic E-state index is 11.6. The Bertz CT molecular complexity index is 237. The quantitative estimate of drug-likeness (QED) is 0.534. The summed E-state index contributed by atoms with van der Waals surface area (Å²) in [7, 11) is -4.00. The normalized spacial score (nSPS) is 22.1. The van der Waals surface area contributed by atoms with Gasteiger partial charge in [0.2, 0.25) is 0 Å². The van der Waals surface area contributed by atoms with Gasteiger partial charge in [-0.3, -0.25) is 9.09 Å². The van der Waals surface area contributed by atoms with Crippen LogP contribution in [0, 0.1) is 0 Å². The molecule has 84 valence electrons. The van der Waals surface area contributed by atoms with Gasteiger partial charge in [-0.15, -0.1) is 6.58 Å². The van der Waals surface area contributed by atoms with Gasteiger partial charge in [-0.25, -0.2) is 0 Å². The molecule has 3 atom stereocenters. The molecule has 0 saturated heterocycles. The van der Waals surface area contributed by atoms with Crippen LogP contribution in [0.15, 0.2) is 12.7 Å². The highest BCUT2D eigenvalue weighted by molar-refractivity contribution is 7.54. The number of hydrogen-bond donors (Lipinski definition) is 2. The molecule has 0 amide bonds. The molecule has 0 aromatic rings. The molecule has 0 aromatic carbocycles. The monoisotopic (exact) mass is 222 g/mol. The molecule has 0 aliphatic heterocycles. The fourth-order valence-electron chi connectivity index (χ4n) is 0.781. The predicted octanol–water partition coefficient (Wildman–Crippen LogP) is 2.27. The molecule has 0 bridgehead atoms. The molecule has 0 spiro atoms. The molecule has 14 heavy (non-hydrogen) atoms. The van der Waals surface area contributed by atoms with Gasteiger partial charge >= 0.3 is 7.60 Å². The van der Waals surface area contributed by atoms with E-state index in [-0.39, 0.29) is 6.42 Å². The largest absolute Gasteiger partial charge is 0.378 e. The van der Waals surface area contributed by atoms with E-state index in [2.05, 4.69) is 6.58 Å². The van der Waals surface area contributed by atoms with Crippen LogP contribution in [0.25, 0.3) is 0 Å². The Labute approximate surface area is 85.1 Å². The van der Waals surface area contributed by atoms with E-state index in [9.17, 15) is 14.6 Å². The average molecular weight is 222 g/mol. The van der Waals surface area contributed by atoms with Crippen LogP contribution in [0.4, 0.5) is 0 Å². The van der Waals surface area contributed by atoms with Crippen molar-refractivity contribution < 1.29 is 19.1 Å². The molecule has 5 heteroatoms. The first-order valence-electron chi connectivity index (χ1n) is 4.67. The summed E-state index contributed by atoms with van der Waals surface area (Å²) in [5.41, 5.74) is 0. The van der Waals surface area contributed by atoms with E-state index in [0.717, 1.165) is 0 Å². The lowest BCUT2D eigenvalue weighted by atomic mass is 10.3. The first-order valence-corrected chi connectivity index (χ1v) is 6.24.